The van der Waals surface area contributed by atoms with E-state index < -0.39 is 0 Å². The summed E-state index contributed by atoms with van der Waals surface area (Å²) in [5.74, 6) is 0.652. The molecule has 0 fully saturated rings. The van der Waals surface area contributed by atoms with Crippen molar-refractivity contribution in [2.45, 2.75) is 13.3 Å². The maximum atomic E-state index is 11.7. The maximum absolute atomic E-state index is 11.7. The van der Waals surface area contributed by atoms with Gasteiger partial charge in [-0.05, 0) is 30.2 Å². The highest BCUT2D eigenvalue weighted by Gasteiger charge is 2.13. The summed E-state index contributed by atoms with van der Waals surface area (Å²) in [6.45, 7) is 2.05. The molecule has 0 aliphatic carbocycles. The van der Waals surface area contributed by atoms with E-state index in [1.54, 1.807) is 13.2 Å². The normalized spacial score (nSPS) is 9.95. The largest absolute Gasteiger partial charge is 0.496 e. The van der Waals surface area contributed by atoms with E-state index in [-0.39, 0.29) is 11.1 Å². The van der Waals surface area contributed by atoms with Crippen LogP contribution in [0.4, 0.5) is 0 Å². The van der Waals surface area contributed by atoms with Crippen molar-refractivity contribution in [1.82, 2.24) is 4.98 Å². The summed E-state index contributed by atoms with van der Waals surface area (Å²) < 4.78 is 5.32. The molecular weight excluding hydrogens is 240 g/mol. The van der Waals surface area contributed by atoms with E-state index >= 15 is 0 Å². The highest BCUT2D eigenvalue weighted by Crippen LogP contribution is 2.31. The van der Waals surface area contributed by atoms with Crippen LogP contribution in [0.2, 0.25) is 0 Å². The number of rotatable bonds is 3. The Bertz CT molecular complexity index is 696. The highest BCUT2D eigenvalue weighted by atomic mass is 16.5. The van der Waals surface area contributed by atoms with Gasteiger partial charge < -0.3 is 9.72 Å². The fourth-order valence-electron chi connectivity index (χ4n) is 2.00. The number of aromatic nitrogens is 1. The molecule has 0 radical (unpaired) electrons. The van der Waals surface area contributed by atoms with Crippen molar-refractivity contribution in [1.29, 1.82) is 5.26 Å². The quantitative estimate of drug-likeness (QED) is 0.915. The fraction of sp³-hybridized carbons (Fsp3) is 0.200. The molecular formula is C15H14N2O2. The molecule has 1 N–H and O–H groups in total. The summed E-state index contributed by atoms with van der Waals surface area (Å²) in [6, 6.07) is 9.46. The fourth-order valence-corrected chi connectivity index (χ4v) is 2.00. The van der Waals surface area contributed by atoms with Crippen LogP contribution in [0.3, 0.4) is 0 Å². The van der Waals surface area contributed by atoms with Gasteiger partial charge in [0.2, 0.25) is 0 Å². The van der Waals surface area contributed by atoms with Gasteiger partial charge in [-0.2, -0.15) is 5.26 Å². The van der Waals surface area contributed by atoms with Crippen molar-refractivity contribution >= 4 is 0 Å². The molecule has 0 unspecified atom stereocenters. The Morgan fingerprint density at radius 1 is 1.32 bits per heavy atom. The Balaban J connectivity index is 2.74. The first-order valence-corrected chi connectivity index (χ1v) is 6.00. The zero-order valence-corrected chi connectivity index (χ0v) is 10.9. The van der Waals surface area contributed by atoms with Gasteiger partial charge in [0, 0.05) is 17.3 Å². The molecule has 0 amide bonds. The summed E-state index contributed by atoms with van der Waals surface area (Å²) in [4.78, 5) is 14.2. The molecule has 0 bridgehead atoms. The van der Waals surface area contributed by atoms with Crippen LogP contribution in [0.25, 0.3) is 11.1 Å². The molecule has 0 atom stereocenters. The van der Waals surface area contributed by atoms with Gasteiger partial charge in [-0.3, -0.25) is 4.79 Å². The van der Waals surface area contributed by atoms with Crippen LogP contribution in [-0.4, -0.2) is 12.1 Å². The lowest BCUT2D eigenvalue weighted by Gasteiger charge is -2.11. The van der Waals surface area contributed by atoms with E-state index in [1.165, 1.54) is 6.20 Å². The Morgan fingerprint density at radius 2 is 2.11 bits per heavy atom. The monoisotopic (exact) mass is 254 g/mol. The molecule has 0 aliphatic rings. The van der Waals surface area contributed by atoms with Crippen LogP contribution in [0, 0.1) is 11.3 Å². The van der Waals surface area contributed by atoms with Gasteiger partial charge in [0.25, 0.3) is 5.56 Å². The standard InChI is InChI=1S/C15H14N2O2/c1-3-10-4-5-14(19-2)12(8-10)11-6-7-17-15(18)13(11)9-16/h4-8H,3H2,1-2H3,(H,17,18). The minimum Gasteiger partial charge on any atom is -0.496 e. The Kier molecular flexibility index (Phi) is 3.67. The van der Waals surface area contributed by atoms with Crippen molar-refractivity contribution in [2.24, 2.45) is 0 Å². The van der Waals surface area contributed by atoms with Crippen molar-refractivity contribution < 1.29 is 4.74 Å². The van der Waals surface area contributed by atoms with Crippen LogP contribution in [-0.2, 0) is 6.42 Å². The van der Waals surface area contributed by atoms with Crippen LogP contribution >= 0.6 is 0 Å². The number of methoxy groups -OCH3 is 1. The zero-order valence-electron chi connectivity index (χ0n) is 10.9. The van der Waals surface area contributed by atoms with Gasteiger partial charge in [0.05, 0.1) is 7.11 Å². The third kappa shape index (κ3) is 2.36. The van der Waals surface area contributed by atoms with E-state index in [0.29, 0.717) is 11.3 Å². The smallest absolute Gasteiger partial charge is 0.266 e. The SMILES string of the molecule is CCc1ccc(OC)c(-c2cc[nH]c(=O)c2C#N)c1. The van der Waals surface area contributed by atoms with E-state index in [2.05, 4.69) is 11.9 Å². The predicted molar refractivity (Wildman–Crippen MR) is 73.1 cm³/mol. The minimum absolute atomic E-state index is 0.106. The Labute approximate surface area is 111 Å². The lowest BCUT2D eigenvalue weighted by atomic mass is 9.98. The second kappa shape index (κ2) is 5.40. The number of ether oxygens (including phenoxy) is 1. The average molecular weight is 254 g/mol. The summed E-state index contributed by atoms with van der Waals surface area (Å²) in [7, 11) is 1.57. The topological polar surface area (TPSA) is 65.9 Å². The number of pyridine rings is 1. The Hall–Kier alpha value is -2.54. The van der Waals surface area contributed by atoms with E-state index in [0.717, 1.165) is 17.5 Å². The number of nitrogens with one attached hydrogen (secondary N) is 1. The van der Waals surface area contributed by atoms with Crippen LogP contribution in [0.1, 0.15) is 18.1 Å². The molecule has 1 aromatic carbocycles. The van der Waals surface area contributed by atoms with Gasteiger partial charge in [-0.25, -0.2) is 0 Å². The van der Waals surface area contributed by atoms with Gasteiger partial charge in [-0.15, -0.1) is 0 Å². The predicted octanol–water partition coefficient (Wildman–Crippen LogP) is 2.48. The number of nitrogens with zero attached hydrogens (tertiary/aromatic N) is 1. The molecule has 0 saturated carbocycles. The lowest BCUT2D eigenvalue weighted by Crippen LogP contribution is -2.10. The lowest BCUT2D eigenvalue weighted by molar-refractivity contribution is 0.416. The Morgan fingerprint density at radius 3 is 2.74 bits per heavy atom. The number of hydrogen-bond donors (Lipinski definition) is 1. The average Bonchev–Trinajstić information content (AvgIpc) is 2.46. The highest BCUT2D eigenvalue weighted by molar-refractivity contribution is 5.75. The van der Waals surface area contributed by atoms with E-state index in [1.807, 2.05) is 24.3 Å². The zero-order chi connectivity index (χ0) is 13.8. The second-order valence-electron chi connectivity index (χ2n) is 4.10. The number of hydrogen-bond acceptors (Lipinski definition) is 3. The third-order valence-corrected chi connectivity index (χ3v) is 3.03. The summed E-state index contributed by atoms with van der Waals surface area (Å²) in [6.07, 6.45) is 2.42. The number of aryl methyl sites for hydroxylation is 1. The summed E-state index contributed by atoms with van der Waals surface area (Å²) in [5, 5.41) is 9.14. The molecule has 2 aromatic rings. The molecule has 0 spiro atoms. The number of aromatic amines is 1. The van der Waals surface area contributed by atoms with Crippen LogP contribution in [0.5, 0.6) is 5.75 Å². The van der Waals surface area contributed by atoms with E-state index in [9.17, 15) is 4.79 Å². The van der Waals surface area contributed by atoms with E-state index in [4.69, 9.17) is 10.00 Å². The first-order valence-electron chi connectivity index (χ1n) is 6.00. The molecule has 1 aromatic heterocycles. The van der Waals surface area contributed by atoms with Crippen molar-refractivity contribution in [3.63, 3.8) is 0 Å². The molecule has 0 aliphatic heterocycles. The first-order chi connectivity index (χ1) is 9.21. The van der Waals surface area contributed by atoms with Gasteiger partial charge >= 0.3 is 0 Å². The molecule has 19 heavy (non-hydrogen) atoms. The molecule has 96 valence electrons. The maximum Gasteiger partial charge on any atom is 0.266 e. The molecule has 4 nitrogen and oxygen atoms in total. The van der Waals surface area contributed by atoms with Gasteiger partial charge in [-0.1, -0.05) is 13.0 Å². The molecule has 2 rings (SSSR count). The van der Waals surface area contributed by atoms with Crippen LogP contribution < -0.4 is 10.3 Å². The summed E-state index contributed by atoms with van der Waals surface area (Å²) >= 11 is 0. The minimum atomic E-state index is -0.385. The molecule has 1 heterocycles. The first kappa shape index (κ1) is 12.9. The second-order valence-corrected chi connectivity index (χ2v) is 4.10. The van der Waals surface area contributed by atoms with Gasteiger partial charge in [0.15, 0.2) is 0 Å². The van der Waals surface area contributed by atoms with Crippen molar-refractivity contribution in [3.05, 3.63) is 51.9 Å². The summed E-state index contributed by atoms with van der Waals surface area (Å²) in [5.41, 5.74) is 2.21. The van der Waals surface area contributed by atoms with Crippen LogP contribution in [0.15, 0.2) is 35.3 Å². The van der Waals surface area contributed by atoms with Crippen molar-refractivity contribution in [3.8, 4) is 22.9 Å². The molecule has 0 saturated heterocycles. The number of benzene rings is 1. The number of H-pyrrole nitrogens is 1. The third-order valence-electron chi connectivity index (χ3n) is 3.03. The van der Waals surface area contributed by atoms with Gasteiger partial charge in [0.1, 0.15) is 17.4 Å². The number of nitriles is 1. The van der Waals surface area contributed by atoms with Crippen molar-refractivity contribution in [2.75, 3.05) is 7.11 Å². The molecule has 4 heteroatoms.